The molecule has 0 spiro atoms. The number of carbonyl (C=O) groups is 1. The Kier molecular flexibility index (Phi) is 4.95. The molecule has 1 aliphatic carbocycles. The molecule has 102 valence electrons. The lowest BCUT2D eigenvalue weighted by Crippen LogP contribution is -2.38. The van der Waals surface area contributed by atoms with Crippen LogP contribution >= 0.6 is 0 Å². The topological polar surface area (TPSA) is 67.5 Å². The predicted molar refractivity (Wildman–Crippen MR) is 76.8 cm³/mol. The van der Waals surface area contributed by atoms with Crippen LogP contribution in [0.2, 0.25) is 0 Å². The number of nitrogens with one attached hydrogen (secondary N) is 1. The van der Waals surface area contributed by atoms with Crippen molar-refractivity contribution in [1.82, 2.24) is 5.32 Å². The van der Waals surface area contributed by atoms with Crippen molar-refractivity contribution in [3.63, 3.8) is 0 Å². The molecule has 0 saturated heterocycles. The first kappa shape index (κ1) is 13.6. The standard InChI is InChI=1S/C15H21N3O/c16-15(17-13-9-5-2-6-10-13)18-14(19)11-12-7-3-1-4-8-12/h1,3-4,7-8,13H,2,5-6,9-11H2,(H3,16,17,18,19). The van der Waals surface area contributed by atoms with E-state index in [9.17, 15) is 4.79 Å². The van der Waals surface area contributed by atoms with Crippen LogP contribution in [0.15, 0.2) is 35.3 Å². The van der Waals surface area contributed by atoms with Crippen molar-refractivity contribution in [1.29, 1.82) is 0 Å². The zero-order valence-corrected chi connectivity index (χ0v) is 11.1. The van der Waals surface area contributed by atoms with E-state index in [0.29, 0.717) is 6.42 Å². The molecule has 0 aromatic heterocycles. The summed E-state index contributed by atoms with van der Waals surface area (Å²) in [5, 5.41) is 2.66. The summed E-state index contributed by atoms with van der Waals surface area (Å²) in [6.45, 7) is 0. The van der Waals surface area contributed by atoms with Gasteiger partial charge in [0.1, 0.15) is 0 Å². The Hall–Kier alpha value is -1.84. The molecule has 3 N–H and O–H groups in total. The Morgan fingerprint density at radius 3 is 2.58 bits per heavy atom. The Bertz CT molecular complexity index is 436. The number of benzene rings is 1. The second kappa shape index (κ2) is 6.92. The number of rotatable bonds is 3. The molecule has 1 amide bonds. The van der Waals surface area contributed by atoms with E-state index >= 15 is 0 Å². The summed E-state index contributed by atoms with van der Waals surface area (Å²) in [7, 11) is 0. The quantitative estimate of drug-likeness (QED) is 0.644. The zero-order chi connectivity index (χ0) is 13.5. The van der Waals surface area contributed by atoms with E-state index in [1.165, 1.54) is 19.3 Å². The monoisotopic (exact) mass is 259 g/mol. The summed E-state index contributed by atoms with van der Waals surface area (Å²) in [5.74, 6) is 0.149. The normalized spacial score (nSPS) is 17.2. The number of nitrogens with two attached hydrogens (primary N) is 1. The molecule has 0 aliphatic heterocycles. The summed E-state index contributed by atoms with van der Waals surface area (Å²) in [4.78, 5) is 16.2. The van der Waals surface area contributed by atoms with Gasteiger partial charge in [0, 0.05) is 0 Å². The second-order valence-electron chi connectivity index (χ2n) is 5.02. The van der Waals surface area contributed by atoms with Crippen LogP contribution in [0.4, 0.5) is 0 Å². The van der Waals surface area contributed by atoms with Crippen LogP contribution in [0.25, 0.3) is 0 Å². The minimum atomic E-state index is -0.108. The Balaban J connectivity index is 1.82. The number of carbonyl (C=O) groups excluding carboxylic acids is 1. The van der Waals surface area contributed by atoms with Crippen molar-refractivity contribution < 1.29 is 4.79 Å². The van der Waals surface area contributed by atoms with Gasteiger partial charge in [-0.1, -0.05) is 49.6 Å². The lowest BCUT2D eigenvalue weighted by atomic mass is 9.96. The van der Waals surface area contributed by atoms with Gasteiger partial charge in [-0.3, -0.25) is 10.1 Å². The molecule has 4 heteroatoms. The van der Waals surface area contributed by atoms with Crippen molar-refractivity contribution in [2.75, 3.05) is 0 Å². The van der Waals surface area contributed by atoms with Crippen LogP contribution in [0, 0.1) is 0 Å². The first-order valence-electron chi connectivity index (χ1n) is 6.91. The lowest BCUT2D eigenvalue weighted by Gasteiger charge is -2.18. The van der Waals surface area contributed by atoms with Gasteiger partial charge in [0.2, 0.25) is 5.91 Å². The van der Waals surface area contributed by atoms with Crippen LogP contribution in [0.5, 0.6) is 0 Å². The van der Waals surface area contributed by atoms with Crippen molar-refractivity contribution in [3.8, 4) is 0 Å². The highest BCUT2D eigenvalue weighted by molar-refractivity contribution is 5.97. The SMILES string of the molecule is NC(=NC1CCCCC1)NC(=O)Cc1ccccc1. The fourth-order valence-corrected chi connectivity index (χ4v) is 2.41. The maximum atomic E-state index is 11.8. The zero-order valence-electron chi connectivity index (χ0n) is 11.1. The Morgan fingerprint density at radius 2 is 1.89 bits per heavy atom. The Morgan fingerprint density at radius 1 is 1.21 bits per heavy atom. The van der Waals surface area contributed by atoms with E-state index in [0.717, 1.165) is 18.4 Å². The van der Waals surface area contributed by atoms with Crippen LogP contribution < -0.4 is 11.1 Å². The fraction of sp³-hybridized carbons (Fsp3) is 0.467. The molecule has 4 nitrogen and oxygen atoms in total. The van der Waals surface area contributed by atoms with Crippen LogP contribution in [0.1, 0.15) is 37.7 Å². The first-order chi connectivity index (χ1) is 9.24. The average Bonchev–Trinajstić information content (AvgIpc) is 2.40. The van der Waals surface area contributed by atoms with Gasteiger partial charge in [-0.2, -0.15) is 0 Å². The van der Waals surface area contributed by atoms with Gasteiger partial charge in [0.25, 0.3) is 0 Å². The maximum absolute atomic E-state index is 11.8. The van der Waals surface area contributed by atoms with Gasteiger partial charge in [0.15, 0.2) is 5.96 Å². The minimum absolute atomic E-state index is 0.108. The highest BCUT2D eigenvalue weighted by Crippen LogP contribution is 2.19. The highest BCUT2D eigenvalue weighted by Gasteiger charge is 2.13. The van der Waals surface area contributed by atoms with E-state index in [1.807, 2.05) is 30.3 Å². The molecule has 0 heterocycles. The predicted octanol–water partition coefficient (Wildman–Crippen LogP) is 1.99. The molecular formula is C15H21N3O. The summed E-state index contributed by atoms with van der Waals surface area (Å²) in [5.41, 5.74) is 6.75. The molecule has 0 unspecified atom stereocenters. The molecule has 0 radical (unpaired) electrons. The van der Waals surface area contributed by atoms with Crippen molar-refractivity contribution in [3.05, 3.63) is 35.9 Å². The summed E-state index contributed by atoms with van der Waals surface area (Å²) in [6.07, 6.45) is 6.19. The van der Waals surface area contributed by atoms with E-state index in [4.69, 9.17) is 5.73 Å². The maximum Gasteiger partial charge on any atom is 0.231 e. The number of guanidine groups is 1. The van der Waals surface area contributed by atoms with Gasteiger partial charge in [-0.25, -0.2) is 4.99 Å². The Labute approximate surface area is 114 Å². The third-order valence-corrected chi connectivity index (χ3v) is 3.37. The van der Waals surface area contributed by atoms with E-state index in [1.54, 1.807) is 0 Å². The van der Waals surface area contributed by atoms with Gasteiger partial charge in [-0.15, -0.1) is 0 Å². The number of amides is 1. The molecular weight excluding hydrogens is 238 g/mol. The molecule has 2 rings (SSSR count). The number of aliphatic imine (C=N–C) groups is 1. The van der Waals surface area contributed by atoms with Gasteiger partial charge in [0.05, 0.1) is 12.5 Å². The third kappa shape index (κ3) is 4.73. The van der Waals surface area contributed by atoms with E-state index in [-0.39, 0.29) is 17.9 Å². The number of nitrogens with zero attached hydrogens (tertiary/aromatic N) is 1. The van der Waals surface area contributed by atoms with Gasteiger partial charge >= 0.3 is 0 Å². The van der Waals surface area contributed by atoms with Gasteiger partial charge < -0.3 is 5.73 Å². The van der Waals surface area contributed by atoms with Crippen LogP contribution in [-0.4, -0.2) is 17.9 Å². The molecule has 19 heavy (non-hydrogen) atoms. The summed E-state index contributed by atoms with van der Waals surface area (Å²) < 4.78 is 0. The molecule has 1 aliphatic rings. The van der Waals surface area contributed by atoms with Crippen molar-refractivity contribution >= 4 is 11.9 Å². The van der Waals surface area contributed by atoms with Crippen molar-refractivity contribution in [2.45, 2.75) is 44.6 Å². The van der Waals surface area contributed by atoms with Crippen LogP contribution in [-0.2, 0) is 11.2 Å². The van der Waals surface area contributed by atoms with Crippen molar-refractivity contribution in [2.24, 2.45) is 10.7 Å². The molecule has 1 aromatic carbocycles. The smallest absolute Gasteiger partial charge is 0.231 e. The average molecular weight is 259 g/mol. The van der Waals surface area contributed by atoms with Crippen LogP contribution in [0.3, 0.4) is 0 Å². The van der Waals surface area contributed by atoms with E-state index < -0.39 is 0 Å². The molecule has 0 atom stereocenters. The third-order valence-electron chi connectivity index (χ3n) is 3.37. The lowest BCUT2D eigenvalue weighted by molar-refractivity contribution is -0.119. The number of hydrogen-bond acceptors (Lipinski definition) is 2. The molecule has 1 saturated carbocycles. The fourth-order valence-electron chi connectivity index (χ4n) is 2.41. The second-order valence-corrected chi connectivity index (χ2v) is 5.02. The largest absolute Gasteiger partial charge is 0.370 e. The first-order valence-corrected chi connectivity index (χ1v) is 6.91. The van der Waals surface area contributed by atoms with Gasteiger partial charge in [-0.05, 0) is 18.4 Å². The molecule has 1 fully saturated rings. The highest BCUT2D eigenvalue weighted by atomic mass is 16.1. The number of hydrogen-bond donors (Lipinski definition) is 2. The molecule has 1 aromatic rings. The van der Waals surface area contributed by atoms with E-state index in [2.05, 4.69) is 10.3 Å². The molecule has 0 bridgehead atoms. The summed E-state index contributed by atoms with van der Waals surface area (Å²) >= 11 is 0. The minimum Gasteiger partial charge on any atom is -0.370 e. The summed E-state index contributed by atoms with van der Waals surface area (Å²) in [6, 6.07) is 9.90.